The van der Waals surface area contributed by atoms with Gasteiger partial charge in [0.15, 0.2) is 0 Å². The summed E-state index contributed by atoms with van der Waals surface area (Å²) < 4.78 is 3.55. The maximum Gasteiger partial charge on any atom is -0.147 e. The van der Waals surface area contributed by atoms with Gasteiger partial charge in [-0.25, -0.2) is 0 Å². The van der Waals surface area contributed by atoms with Gasteiger partial charge in [-0.2, -0.15) is 0 Å². The molecule has 0 saturated carbocycles. The van der Waals surface area contributed by atoms with E-state index in [0.717, 1.165) is 0 Å². The van der Waals surface area contributed by atoms with Crippen LogP contribution >= 0.6 is 35.9 Å². The van der Waals surface area contributed by atoms with E-state index in [9.17, 15) is 0 Å². The molecule has 20 heavy (non-hydrogen) atoms. The largest absolute Gasteiger partial charge is 0.147 e. The van der Waals surface area contributed by atoms with Gasteiger partial charge in [0.1, 0.15) is 0 Å². The Kier molecular flexibility index (Phi) is 10.3. The number of rotatable bonds is 6. The SMILES string of the molecule is C[Si](C)(Cl)CCCC1=[C]([Zr][C]2=CC=CC2)CC=C1.Cl.Cl. The quantitative estimate of drug-likeness (QED) is 0.349. The van der Waals surface area contributed by atoms with Gasteiger partial charge < -0.3 is 0 Å². The Morgan fingerprint density at radius 3 is 2.55 bits per heavy atom. The van der Waals surface area contributed by atoms with Crippen molar-refractivity contribution in [2.75, 3.05) is 0 Å². The number of hydrogen-bond donors (Lipinski definition) is 0. The van der Waals surface area contributed by atoms with Crippen molar-refractivity contribution in [3.8, 4) is 0 Å². The molecule has 0 aliphatic heterocycles. The van der Waals surface area contributed by atoms with Gasteiger partial charge in [0.2, 0.25) is 0 Å². The first kappa shape index (κ1) is 20.9. The van der Waals surface area contributed by atoms with Crippen molar-refractivity contribution in [3.05, 3.63) is 42.5 Å². The van der Waals surface area contributed by atoms with E-state index in [1.54, 1.807) is 8.85 Å². The monoisotopic (exact) mass is 426 g/mol. The molecule has 0 nitrogen and oxygen atoms in total. The Hall–Kier alpha value is 0.930. The van der Waals surface area contributed by atoms with E-state index in [1.807, 2.05) is 3.28 Å². The van der Waals surface area contributed by atoms with Gasteiger partial charge >= 0.3 is 129 Å². The van der Waals surface area contributed by atoms with E-state index in [2.05, 4.69) is 43.5 Å². The second-order valence-corrected chi connectivity index (χ2v) is 16.3. The summed E-state index contributed by atoms with van der Waals surface area (Å²) in [6, 6.07) is 1.24. The van der Waals surface area contributed by atoms with Crippen LogP contribution in [0.3, 0.4) is 0 Å². The Morgan fingerprint density at radius 1 is 1.20 bits per heavy atom. The molecule has 2 rings (SSSR count). The molecular weight excluding hydrogens is 406 g/mol. The molecule has 0 aromatic heterocycles. The van der Waals surface area contributed by atoms with Gasteiger partial charge in [-0.15, -0.1) is 24.8 Å². The molecule has 0 aromatic carbocycles. The molecule has 2 aliphatic rings. The van der Waals surface area contributed by atoms with Gasteiger partial charge in [0, 0.05) is 0 Å². The van der Waals surface area contributed by atoms with Gasteiger partial charge in [-0.05, 0) is 0 Å². The molecule has 0 heterocycles. The first-order valence-electron chi connectivity index (χ1n) is 6.75. The van der Waals surface area contributed by atoms with Crippen LogP contribution in [0, 0.1) is 0 Å². The van der Waals surface area contributed by atoms with Crippen molar-refractivity contribution in [2.24, 2.45) is 0 Å². The molecule has 0 fully saturated rings. The minimum atomic E-state index is -1.37. The van der Waals surface area contributed by atoms with Crippen molar-refractivity contribution in [2.45, 2.75) is 44.8 Å². The Bertz CT molecular complexity index is 431. The second-order valence-electron chi connectivity index (χ2n) is 5.63. The van der Waals surface area contributed by atoms with Crippen LogP contribution in [0.15, 0.2) is 42.5 Å². The third-order valence-corrected chi connectivity index (χ3v) is 9.17. The van der Waals surface area contributed by atoms with Crippen molar-refractivity contribution in [3.63, 3.8) is 0 Å². The average molecular weight is 429 g/mol. The van der Waals surface area contributed by atoms with E-state index in [-0.39, 0.29) is 24.8 Å². The minimum absolute atomic E-state index is 0. The molecule has 112 valence electrons. The van der Waals surface area contributed by atoms with Crippen LogP contribution in [0.4, 0.5) is 0 Å². The summed E-state index contributed by atoms with van der Waals surface area (Å²) in [5.74, 6) is 0. The molecule has 0 amide bonds. The standard InChI is InChI=1S/C10H16ClSi.C5H5.2ClH.Zr/c1-12(2,11)9-5-8-10-6-3-4-7-10;1-2-4-5-3-1;;;/h3,6H,4-5,8-9H2,1-2H3;1-3H,4H2;2*1H;. The summed E-state index contributed by atoms with van der Waals surface area (Å²) in [4.78, 5) is 0. The molecular formula is C15H23Cl3SiZr. The number of hydrogen-bond acceptors (Lipinski definition) is 0. The molecule has 0 saturated heterocycles. The predicted molar refractivity (Wildman–Crippen MR) is 94.5 cm³/mol. The molecule has 0 aromatic rings. The summed E-state index contributed by atoms with van der Waals surface area (Å²) >= 11 is 5.94. The van der Waals surface area contributed by atoms with Crippen LogP contribution in [-0.4, -0.2) is 7.38 Å². The normalized spacial score (nSPS) is 16.9. The predicted octanol–water partition coefficient (Wildman–Crippen LogP) is 6.19. The molecule has 2 aliphatic carbocycles. The average Bonchev–Trinajstić information content (AvgIpc) is 2.90. The van der Waals surface area contributed by atoms with Crippen molar-refractivity contribution < 1.29 is 23.2 Å². The van der Waals surface area contributed by atoms with Crippen LogP contribution in [0.5, 0.6) is 0 Å². The maximum atomic E-state index is 6.39. The van der Waals surface area contributed by atoms with Crippen LogP contribution < -0.4 is 0 Å². The van der Waals surface area contributed by atoms with Crippen molar-refractivity contribution in [1.82, 2.24) is 0 Å². The number of halogens is 3. The molecule has 0 N–H and O–H groups in total. The summed E-state index contributed by atoms with van der Waals surface area (Å²) in [5, 5.41) is 0. The van der Waals surface area contributed by atoms with Gasteiger partial charge in [0.05, 0.1) is 0 Å². The minimum Gasteiger partial charge on any atom is -0.147 e. The zero-order chi connectivity index (χ0) is 13.0. The van der Waals surface area contributed by atoms with Crippen LogP contribution in [0.1, 0.15) is 25.7 Å². The summed E-state index contributed by atoms with van der Waals surface area (Å²) in [5.41, 5.74) is 1.66. The fourth-order valence-corrected chi connectivity index (χ4v) is 7.15. The smallest absolute Gasteiger partial charge is 0.147 e. The third kappa shape index (κ3) is 7.27. The van der Waals surface area contributed by atoms with Gasteiger partial charge in [0.25, 0.3) is 0 Å². The Labute approximate surface area is 152 Å². The van der Waals surface area contributed by atoms with E-state index in [4.69, 9.17) is 11.1 Å². The first-order chi connectivity index (χ1) is 8.54. The van der Waals surface area contributed by atoms with E-state index < -0.39 is 30.6 Å². The molecule has 0 radical (unpaired) electrons. The van der Waals surface area contributed by atoms with E-state index >= 15 is 0 Å². The Morgan fingerprint density at radius 2 is 1.95 bits per heavy atom. The Balaban J connectivity index is 0.00000180. The first-order valence-corrected chi connectivity index (χ1v) is 13.4. The van der Waals surface area contributed by atoms with Crippen molar-refractivity contribution in [1.29, 1.82) is 0 Å². The summed E-state index contributed by atoms with van der Waals surface area (Å²) in [7, 11) is -1.37. The molecule has 0 bridgehead atoms. The molecule has 5 heteroatoms. The summed E-state index contributed by atoms with van der Waals surface area (Å²) in [6.45, 7) is 4.50. The molecule has 0 spiro atoms. The van der Waals surface area contributed by atoms with Crippen LogP contribution in [0.25, 0.3) is 0 Å². The zero-order valence-electron chi connectivity index (χ0n) is 12.1. The van der Waals surface area contributed by atoms with Crippen molar-refractivity contribution >= 4 is 43.3 Å². The molecule has 0 atom stereocenters. The molecule has 0 unspecified atom stereocenters. The summed E-state index contributed by atoms with van der Waals surface area (Å²) in [6.07, 6.45) is 16.6. The van der Waals surface area contributed by atoms with Gasteiger partial charge in [-0.3, -0.25) is 0 Å². The second kappa shape index (κ2) is 9.85. The third-order valence-electron chi connectivity index (χ3n) is 3.33. The van der Waals surface area contributed by atoms with Crippen LogP contribution in [-0.2, 0) is 23.2 Å². The maximum absolute atomic E-state index is 6.39. The van der Waals surface area contributed by atoms with Gasteiger partial charge in [-0.1, -0.05) is 0 Å². The fraction of sp³-hybridized carbons (Fsp3) is 0.467. The van der Waals surface area contributed by atoms with E-state index in [0.29, 0.717) is 0 Å². The van der Waals surface area contributed by atoms with Crippen LogP contribution in [0.2, 0.25) is 19.1 Å². The van der Waals surface area contributed by atoms with E-state index in [1.165, 1.54) is 31.7 Å². The zero-order valence-corrected chi connectivity index (χ0v) is 18.0. The fourth-order valence-electron chi connectivity index (χ4n) is 2.35. The number of allylic oxidation sites excluding steroid dienone is 8. The topological polar surface area (TPSA) is 0 Å².